The molecule has 2 unspecified atom stereocenters. The molecule has 7 heteroatoms. The number of hydrogen-bond donors (Lipinski definition) is 2. The maximum Gasteiger partial charge on any atom is 0.333 e. The van der Waals surface area contributed by atoms with Crippen molar-refractivity contribution in [2.45, 2.75) is 59.7 Å². The summed E-state index contributed by atoms with van der Waals surface area (Å²) in [7, 11) is 1.66. The molecule has 0 spiro atoms. The second-order valence-electron chi connectivity index (χ2n) is 9.04. The molecule has 1 aliphatic heterocycles. The van der Waals surface area contributed by atoms with Crippen LogP contribution in [0.1, 0.15) is 45.7 Å². The van der Waals surface area contributed by atoms with Gasteiger partial charge in [0.15, 0.2) is 0 Å². The van der Waals surface area contributed by atoms with Gasteiger partial charge in [-0.2, -0.15) is 0 Å². The number of carbonyl (C=O) groups excluding carboxylic acids is 3. The van der Waals surface area contributed by atoms with Crippen LogP contribution in [0.25, 0.3) is 0 Å². The number of fused-ring (bicyclic) bond motifs is 1. The summed E-state index contributed by atoms with van der Waals surface area (Å²) in [6.07, 6.45) is 2.25. The fourth-order valence-corrected chi connectivity index (χ4v) is 3.44. The van der Waals surface area contributed by atoms with Crippen molar-refractivity contribution in [3.05, 3.63) is 47.0 Å². The summed E-state index contributed by atoms with van der Waals surface area (Å²) in [5.41, 5.74) is 2.31. The Morgan fingerprint density at radius 2 is 1.90 bits per heavy atom. The van der Waals surface area contributed by atoms with Crippen molar-refractivity contribution >= 4 is 17.8 Å². The third kappa shape index (κ3) is 6.66. The molecule has 1 aliphatic rings. The molecule has 0 radical (unpaired) electrons. The van der Waals surface area contributed by atoms with E-state index in [9.17, 15) is 14.4 Å². The van der Waals surface area contributed by atoms with E-state index in [1.54, 1.807) is 27.0 Å². The van der Waals surface area contributed by atoms with Crippen molar-refractivity contribution in [3.63, 3.8) is 0 Å². The number of nitrogens with zero attached hydrogens (tertiary/aromatic N) is 1. The Balaban J connectivity index is 2.06. The summed E-state index contributed by atoms with van der Waals surface area (Å²) in [5.74, 6) is -0.785. The number of rotatable bonds is 7. The van der Waals surface area contributed by atoms with E-state index in [1.807, 2.05) is 39.0 Å². The first-order valence-corrected chi connectivity index (χ1v) is 10.7. The lowest BCUT2D eigenvalue weighted by Gasteiger charge is -2.35. The van der Waals surface area contributed by atoms with Gasteiger partial charge < -0.3 is 20.3 Å². The van der Waals surface area contributed by atoms with Gasteiger partial charge in [-0.1, -0.05) is 51.1 Å². The molecule has 170 valence electrons. The smallest absolute Gasteiger partial charge is 0.333 e. The van der Waals surface area contributed by atoms with Gasteiger partial charge in [-0.05, 0) is 36.8 Å². The third-order valence-electron chi connectivity index (χ3n) is 5.44. The van der Waals surface area contributed by atoms with Crippen molar-refractivity contribution in [2.24, 2.45) is 5.41 Å². The normalized spacial score (nSPS) is 17.4. The maximum absolute atomic E-state index is 13.2. The van der Waals surface area contributed by atoms with Crippen molar-refractivity contribution in [2.75, 3.05) is 20.2 Å². The Kier molecular flexibility index (Phi) is 8.39. The highest BCUT2D eigenvalue weighted by molar-refractivity contribution is 5.91. The standard InChI is InChI=1S/C24H35N3O4/c1-7-31-23(30)16(2)12-13-27(6)22(29)20(24(3,4)5)26-21(28)19-14-17-10-8-9-11-18(17)15-25-19/h8-12,19-20,25H,7,13-15H2,1-6H3,(H,26,28)/b16-12+. The SMILES string of the molecule is CCOC(=O)/C(C)=C/CN(C)C(=O)C(NC(=O)C1Cc2ccccc2CN1)C(C)(C)C. The molecule has 0 aromatic heterocycles. The number of benzene rings is 1. The lowest BCUT2D eigenvalue weighted by Crippen LogP contribution is -2.58. The molecule has 0 bridgehead atoms. The summed E-state index contributed by atoms with van der Waals surface area (Å²) < 4.78 is 4.97. The molecule has 2 N–H and O–H groups in total. The molecular formula is C24H35N3O4. The molecule has 1 aromatic carbocycles. The van der Waals surface area contributed by atoms with Crippen molar-refractivity contribution in [1.29, 1.82) is 0 Å². The second kappa shape index (κ2) is 10.6. The van der Waals surface area contributed by atoms with Crippen LogP contribution in [0.5, 0.6) is 0 Å². The van der Waals surface area contributed by atoms with Gasteiger partial charge in [0.2, 0.25) is 11.8 Å². The van der Waals surface area contributed by atoms with E-state index in [2.05, 4.69) is 16.7 Å². The first kappa shape index (κ1) is 24.6. The van der Waals surface area contributed by atoms with Crippen LogP contribution in [0.3, 0.4) is 0 Å². The second-order valence-corrected chi connectivity index (χ2v) is 9.04. The molecule has 2 atom stereocenters. The summed E-state index contributed by atoms with van der Waals surface area (Å²) in [6, 6.07) is 6.97. The van der Waals surface area contributed by atoms with E-state index >= 15 is 0 Å². The van der Waals surface area contributed by atoms with E-state index in [1.165, 1.54) is 10.5 Å². The van der Waals surface area contributed by atoms with Gasteiger partial charge in [-0.3, -0.25) is 9.59 Å². The van der Waals surface area contributed by atoms with Crippen LogP contribution in [0.4, 0.5) is 0 Å². The average Bonchev–Trinajstić information content (AvgIpc) is 2.73. The predicted molar refractivity (Wildman–Crippen MR) is 120 cm³/mol. The Labute approximate surface area is 185 Å². The topological polar surface area (TPSA) is 87.7 Å². The molecule has 2 rings (SSSR count). The quantitative estimate of drug-likeness (QED) is 0.513. The van der Waals surface area contributed by atoms with Crippen LogP contribution in [-0.2, 0) is 32.1 Å². The molecule has 0 saturated heterocycles. The monoisotopic (exact) mass is 429 g/mol. The highest BCUT2D eigenvalue weighted by Gasteiger charge is 2.36. The molecule has 0 saturated carbocycles. The molecule has 0 fully saturated rings. The van der Waals surface area contributed by atoms with Crippen LogP contribution in [-0.4, -0.2) is 55.0 Å². The number of hydrogen-bond acceptors (Lipinski definition) is 5. The van der Waals surface area contributed by atoms with Gasteiger partial charge in [-0.15, -0.1) is 0 Å². The third-order valence-corrected chi connectivity index (χ3v) is 5.44. The first-order valence-electron chi connectivity index (χ1n) is 10.7. The fraction of sp³-hybridized carbons (Fsp3) is 0.542. The minimum Gasteiger partial charge on any atom is -0.463 e. The molecule has 31 heavy (non-hydrogen) atoms. The van der Waals surface area contributed by atoms with Gasteiger partial charge in [0, 0.05) is 25.7 Å². The van der Waals surface area contributed by atoms with Crippen LogP contribution in [0.15, 0.2) is 35.9 Å². The molecule has 1 heterocycles. The number of amides is 2. The molecule has 7 nitrogen and oxygen atoms in total. The van der Waals surface area contributed by atoms with Gasteiger partial charge in [0.05, 0.1) is 12.6 Å². The van der Waals surface area contributed by atoms with Crippen LogP contribution in [0, 0.1) is 5.41 Å². The molecule has 1 aromatic rings. The van der Waals surface area contributed by atoms with Gasteiger partial charge in [0.25, 0.3) is 0 Å². The minimum atomic E-state index is -0.694. The van der Waals surface area contributed by atoms with E-state index in [4.69, 9.17) is 4.74 Å². The summed E-state index contributed by atoms with van der Waals surface area (Å²) in [4.78, 5) is 39.4. The lowest BCUT2D eigenvalue weighted by atomic mass is 9.85. The van der Waals surface area contributed by atoms with Gasteiger partial charge >= 0.3 is 5.97 Å². The number of likely N-dealkylation sites (N-methyl/N-ethyl adjacent to an activating group) is 1. The zero-order valence-corrected chi connectivity index (χ0v) is 19.5. The highest BCUT2D eigenvalue weighted by atomic mass is 16.5. The number of ether oxygens (including phenoxy) is 1. The maximum atomic E-state index is 13.2. The largest absolute Gasteiger partial charge is 0.463 e. The summed E-state index contributed by atoms with van der Waals surface area (Å²) in [5, 5.41) is 6.23. The van der Waals surface area contributed by atoms with Crippen molar-refractivity contribution in [3.8, 4) is 0 Å². The zero-order valence-electron chi connectivity index (χ0n) is 19.5. The summed E-state index contributed by atoms with van der Waals surface area (Å²) in [6.45, 7) is 10.4. The first-order chi connectivity index (χ1) is 14.5. The van der Waals surface area contributed by atoms with E-state index in [-0.39, 0.29) is 24.4 Å². The fourth-order valence-electron chi connectivity index (χ4n) is 3.44. The van der Waals surface area contributed by atoms with Crippen LogP contribution in [0.2, 0.25) is 0 Å². The number of carbonyl (C=O) groups is 3. The van der Waals surface area contributed by atoms with Crippen molar-refractivity contribution in [1.82, 2.24) is 15.5 Å². The van der Waals surface area contributed by atoms with E-state index in [0.717, 1.165) is 5.56 Å². The Bertz CT molecular complexity index is 841. The Morgan fingerprint density at radius 1 is 1.26 bits per heavy atom. The summed E-state index contributed by atoms with van der Waals surface area (Å²) >= 11 is 0. The highest BCUT2D eigenvalue weighted by Crippen LogP contribution is 2.22. The molecule has 0 aliphatic carbocycles. The average molecular weight is 430 g/mol. The Hall–Kier alpha value is -2.67. The van der Waals surface area contributed by atoms with Crippen LogP contribution >= 0.6 is 0 Å². The van der Waals surface area contributed by atoms with E-state index < -0.39 is 17.4 Å². The van der Waals surface area contributed by atoms with Crippen molar-refractivity contribution < 1.29 is 19.1 Å². The predicted octanol–water partition coefficient (Wildman–Crippen LogP) is 2.20. The van der Waals surface area contributed by atoms with Gasteiger partial charge in [-0.25, -0.2) is 4.79 Å². The number of nitrogens with one attached hydrogen (secondary N) is 2. The van der Waals surface area contributed by atoms with E-state index in [0.29, 0.717) is 25.1 Å². The minimum absolute atomic E-state index is 0.186. The Morgan fingerprint density at radius 3 is 2.52 bits per heavy atom. The molecular weight excluding hydrogens is 394 g/mol. The number of esters is 1. The lowest BCUT2D eigenvalue weighted by molar-refractivity contribution is -0.139. The van der Waals surface area contributed by atoms with Gasteiger partial charge in [0.1, 0.15) is 6.04 Å². The zero-order chi connectivity index (χ0) is 23.2. The van der Waals surface area contributed by atoms with Crippen LogP contribution < -0.4 is 10.6 Å². The molecule has 2 amide bonds.